The van der Waals surface area contributed by atoms with E-state index in [-0.39, 0.29) is 12.5 Å². The summed E-state index contributed by atoms with van der Waals surface area (Å²) in [6.07, 6.45) is 3.78. The number of aromatic nitrogens is 2. The van der Waals surface area contributed by atoms with Crippen LogP contribution < -0.4 is 4.74 Å². The van der Waals surface area contributed by atoms with Crippen LogP contribution in [0.15, 0.2) is 85.2 Å². The number of hydrogen-bond acceptors (Lipinski definition) is 3. The fraction of sp³-hybridized carbons (Fsp3) is 0.167. The molecule has 4 aromatic rings. The monoisotopic (exact) mass is 385 g/mol. The second-order valence-corrected chi connectivity index (χ2v) is 7.08. The van der Waals surface area contributed by atoms with Crippen molar-refractivity contribution in [2.45, 2.75) is 13.1 Å². The van der Waals surface area contributed by atoms with Crippen molar-refractivity contribution in [1.29, 1.82) is 0 Å². The molecule has 5 nitrogen and oxygen atoms in total. The molecule has 0 radical (unpaired) electrons. The number of likely N-dealkylation sites (N-methyl/N-ethyl adjacent to an activating group) is 1. The van der Waals surface area contributed by atoms with Gasteiger partial charge in [-0.3, -0.25) is 9.48 Å². The van der Waals surface area contributed by atoms with E-state index in [1.165, 1.54) is 5.56 Å². The first-order valence-corrected chi connectivity index (χ1v) is 9.58. The number of carbonyl (C=O) groups excluding carboxylic acids is 1. The molecular formula is C24H23N3O2. The second-order valence-electron chi connectivity index (χ2n) is 7.08. The first kappa shape index (κ1) is 18.7. The van der Waals surface area contributed by atoms with Crippen LogP contribution in [0, 0.1) is 0 Å². The molecule has 3 aromatic carbocycles. The number of hydrogen-bond donors (Lipinski definition) is 0. The number of rotatable bonds is 7. The summed E-state index contributed by atoms with van der Waals surface area (Å²) in [7, 11) is 1.78. The summed E-state index contributed by atoms with van der Waals surface area (Å²) < 4.78 is 7.59. The van der Waals surface area contributed by atoms with E-state index in [2.05, 4.69) is 23.3 Å². The van der Waals surface area contributed by atoms with E-state index in [1.807, 2.05) is 65.5 Å². The zero-order valence-corrected chi connectivity index (χ0v) is 16.4. The van der Waals surface area contributed by atoms with E-state index in [0.717, 1.165) is 16.3 Å². The molecule has 0 aliphatic heterocycles. The molecule has 0 atom stereocenters. The van der Waals surface area contributed by atoms with Crippen LogP contribution in [0.5, 0.6) is 5.75 Å². The minimum Gasteiger partial charge on any atom is -0.484 e. The van der Waals surface area contributed by atoms with Gasteiger partial charge in [0.05, 0.1) is 12.7 Å². The summed E-state index contributed by atoms with van der Waals surface area (Å²) in [5.74, 6) is 0.620. The van der Waals surface area contributed by atoms with E-state index in [4.69, 9.17) is 4.74 Å². The normalized spacial score (nSPS) is 10.8. The summed E-state index contributed by atoms with van der Waals surface area (Å²) in [5, 5.41) is 6.64. The Morgan fingerprint density at radius 1 is 0.966 bits per heavy atom. The van der Waals surface area contributed by atoms with Crippen LogP contribution in [-0.4, -0.2) is 34.2 Å². The van der Waals surface area contributed by atoms with Crippen LogP contribution in [0.2, 0.25) is 0 Å². The van der Waals surface area contributed by atoms with Crippen molar-refractivity contribution in [3.63, 3.8) is 0 Å². The Hall–Kier alpha value is -3.60. The highest BCUT2D eigenvalue weighted by atomic mass is 16.5. The number of fused-ring (bicyclic) bond motifs is 1. The molecule has 4 rings (SSSR count). The SMILES string of the molecule is CN(Cc1cnn(Cc2ccccc2)c1)C(=O)COc1ccc2ccccc2c1. The number of amides is 1. The summed E-state index contributed by atoms with van der Waals surface area (Å²) >= 11 is 0. The van der Waals surface area contributed by atoms with Crippen molar-refractivity contribution >= 4 is 16.7 Å². The molecule has 0 aliphatic carbocycles. The van der Waals surface area contributed by atoms with Crippen LogP contribution in [0.25, 0.3) is 10.8 Å². The highest BCUT2D eigenvalue weighted by Crippen LogP contribution is 2.20. The maximum atomic E-state index is 12.5. The molecule has 29 heavy (non-hydrogen) atoms. The number of benzene rings is 3. The summed E-state index contributed by atoms with van der Waals surface area (Å²) in [6.45, 7) is 1.21. The Morgan fingerprint density at radius 3 is 2.55 bits per heavy atom. The fourth-order valence-electron chi connectivity index (χ4n) is 3.22. The maximum absolute atomic E-state index is 12.5. The van der Waals surface area contributed by atoms with Gasteiger partial charge in [-0.2, -0.15) is 5.10 Å². The van der Waals surface area contributed by atoms with Crippen LogP contribution >= 0.6 is 0 Å². The first-order chi connectivity index (χ1) is 14.2. The lowest BCUT2D eigenvalue weighted by atomic mass is 10.1. The highest BCUT2D eigenvalue weighted by Gasteiger charge is 2.12. The summed E-state index contributed by atoms with van der Waals surface area (Å²) in [5.41, 5.74) is 2.18. The van der Waals surface area contributed by atoms with Gasteiger partial charge in [0.15, 0.2) is 6.61 Å². The molecule has 5 heteroatoms. The molecule has 1 heterocycles. The third-order valence-corrected chi connectivity index (χ3v) is 4.80. The van der Waals surface area contributed by atoms with Crippen LogP contribution in [0.1, 0.15) is 11.1 Å². The smallest absolute Gasteiger partial charge is 0.260 e. The minimum atomic E-state index is -0.0750. The average molecular weight is 385 g/mol. The molecule has 0 fully saturated rings. The zero-order chi connectivity index (χ0) is 20.1. The van der Waals surface area contributed by atoms with Gasteiger partial charge in [0.2, 0.25) is 0 Å². The Labute approximate surface area is 170 Å². The number of carbonyl (C=O) groups is 1. The maximum Gasteiger partial charge on any atom is 0.260 e. The lowest BCUT2D eigenvalue weighted by Crippen LogP contribution is -2.30. The van der Waals surface area contributed by atoms with Crippen molar-refractivity contribution in [1.82, 2.24) is 14.7 Å². The standard InChI is InChI=1S/C24H23N3O2/c1-26(15-20-14-25-27(17-20)16-19-7-3-2-4-8-19)24(28)18-29-23-12-11-21-9-5-6-10-22(21)13-23/h2-14,17H,15-16,18H2,1H3. The van der Waals surface area contributed by atoms with Gasteiger partial charge in [0, 0.05) is 25.4 Å². The van der Waals surface area contributed by atoms with Crippen LogP contribution in [-0.2, 0) is 17.9 Å². The van der Waals surface area contributed by atoms with Gasteiger partial charge in [-0.1, -0.05) is 60.7 Å². The number of nitrogens with zero attached hydrogens (tertiary/aromatic N) is 3. The zero-order valence-electron chi connectivity index (χ0n) is 16.4. The fourth-order valence-corrected chi connectivity index (χ4v) is 3.22. The van der Waals surface area contributed by atoms with Gasteiger partial charge >= 0.3 is 0 Å². The predicted octanol–water partition coefficient (Wildman–Crippen LogP) is 4.12. The lowest BCUT2D eigenvalue weighted by Gasteiger charge is -2.16. The van der Waals surface area contributed by atoms with Gasteiger partial charge in [-0.05, 0) is 28.5 Å². The molecule has 1 amide bonds. The van der Waals surface area contributed by atoms with Crippen LogP contribution in [0.4, 0.5) is 0 Å². The molecule has 0 saturated carbocycles. The average Bonchev–Trinajstić information content (AvgIpc) is 3.19. The van der Waals surface area contributed by atoms with Crippen molar-refractivity contribution in [3.05, 3.63) is 96.3 Å². The molecule has 0 spiro atoms. The van der Waals surface area contributed by atoms with Gasteiger partial charge in [0.25, 0.3) is 5.91 Å². The van der Waals surface area contributed by atoms with Gasteiger partial charge in [-0.25, -0.2) is 0 Å². The Bertz CT molecular complexity index is 1110. The van der Waals surface area contributed by atoms with Gasteiger partial charge in [0.1, 0.15) is 5.75 Å². The van der Waals surface area contributed by atoms with E-state index < -0.39 is 0 Å². The summed E-state index contributed by atoms with van der Waals surface area (Å²) in [6, 6.07) is 24.1. The van der Waals surface area contributed by atoms with Crippen LogP contribution in [0.3, 0.4) is 0 Å². The molecule has 1 aromatic heterocycles. The van der Waals surface area contributed by atoms with E-state index in [1.54, 1.807) is 18.1 Å². The van der Waals surface area contributed by atoms with Crippen molar-refractivity contribution in [2.24, 2.45) is 0 Å². The molecule has 0 aliphatic rings. The first-order valence-electron chi connectivity index (χ1n) is 9.58. The highest BCUT2D eigenvalue weighted by molar-refractivity contribution is 5.84. The Balaban J connectivity index is 1.31. The van der Waals surface area contributed by atoms with E-state index >= 15 is 0 Å². The number of ether oxygens (including phenoxy) is 1. The Kier molecular flexibility index (Phi) is 5.56. The lowest BCUT2D eigenvalue weighted by molar-refractivity contribution is -0.132. The summed E-state index contributed by atoms with van der Waals surface area (Å²) in [4.78, 5) is 14.1. The second kappa shape index (κ2) is 8.61. The van der Waals surface area contributed by atoms with Gasteiger partial charge < -0.3 is 9.64 Å². The topological polar surface area (TPSA) is 47.4 Å². The quantitative estimate of drug-likeness (QED) is 0.481. The van der Waals surface area contributed by atoms with E-state index in [0.29, 0.717) is 18.8 Å². The van der Waals surface area contributed by atoms with Crippen molar-refractivity contribution < 1.29 is 9.53 Å². The van der Waals surface area contributed by atoms with Crippen molar-refractivity contribution in [2.75, 3.05) is 13.7 Å². The van der Waals surface area contributed by atoms with E-state index in [9.17, 15) is 4.79 Å². The minimum absolute atomic E-state index is 0.00694. The third-order valence-electron chi connectivity index (χ3n) is 4.80. The molecule has 0 saturated heterocycles. The largest absolute Gasteiger partial charge is 0.484 e. The van der Waals surface area contributed by atoms with Crippen molar-refractivity contribution in [3.8, 4) is 5.75 Å². The molecule has 0 N–H and O–H groups in total. The molecule has 0 unspecified atom stereocenters. The molecular weight excluding hydrogens is 362 g/mol. The molecule has 0 bridgehead atoms. The van der Waals surface area contributed by atoms with Gasteiger partial charge in [-0.15, -0.1) is 0 Å². The Morgan fingerprint density at radius 2 is 1.72 bits per heavy atom. The predicted molar refractivity (Wildman–Crippen MR) is 114 cm³/mol. The third kappa shape index (κ3) is 4.82. The molecule has 146 valence electrons.